The van der Waals surface area contributed by atoms with Crippen LogP contribution in [0.1, 0.15) is 36.0 Å². The predicted molar refractivity (Wildman–Crippen MR) is 84.6 cm³/mol. The van der Waals surface area contributed by atoms with E-state index in [1.807, 2.05) is 6.07 Å². The van der Waals surface area contributed by atoms with Gasteiger partial charge in [-0.2, -0.15) is 0 Å². The summed E-state index contributed by atoms with van der Waals surface area (Å²) in [4.78, 5) is 14.5. The molecule has 0 unspecified atom stereocenters. The van der Waals surface area contributed by atoms with E-state index in [9.17, 15) is 4.79 Å². The highest BCUT2D eigenvalue weighted by atomic mass is 16.5. The Hall–Kier alpha value is -1.75. The number of carbonyl (C=O) groups is 1. The van der Waals surface area contributed by atoms with Gasteiger partial charge in [-0.1, -0.05) is 0 Å². The molecule has 1 aromatic rings. The number of ether oxygens (including phenoxy) is 2. The molecule has 5 nitrogen and oxygen atoms in total. The van der Waals surface area contributed by atoms with Crippen molar-refractivity contribution in [1.29, 1.82) is 0 Å². The lowest BCUT2D eigenvalue weighted by molar-refractivity contribution is 0.0947. The molecular formula is C17H24N2O3. The summed E-state index contributed by atoms with van der Waals surface area (Å²) in [6.07, 6.45) is 4.35. The van der Waals surface area contributed by atoms with Crippen molar-refractivity contribution in [1.82, 2.24) is 10.2 Å². The number of hydrogen-bond donors (Lipinski definition) is 1. The average molecular weight is 304 g/mol. The number of methoxy groups -OCH3 is 1. The minimum absolute atomic E-state index is 0.0293. The summed E-state index contributed by atoms with van der Waals surface area (Å²) in [7, 11) is 3.75. The Bertz CT molecular complexity index is 535. The van der Waals surface area contributed by atoms with Crippen molar-refractivity contribution in [3.05, 3.63) is 23.8 Å². The maximum Gasteiger partial charge on any atom is 0.251 e. The zero-order valence-electron chi connectivity index (χ0n) is 13.3. The van der Waals surface area contributed by atoms with Crippen molar-refractivity contribution in [3.8, 4) is 11.5 Å². The molecule has 120 valence electrons. The zero-order chi connectivity index (χ0) is 15.5. The SMILES string of the molecule is COc1ccc(C(=O)NC2CC2)cc1OC1CCN(C)CC1. The first kappa shape index (κ1) is 15.2. The summed E-state index contributed by atoms with van der Waals surface area (Å²) in [5, 5.41) is 3.00. The Kier molecular flexibility index (Phi) is 4.52. The quantitative estimate of drug-likeness (QED) is 0.904. The maximum atomic E-state index is 12.2. The van der Waals surface area contributed by atoms with E-state index in [1.165, 1.54) is 0 Å². The molecule has 3 rings (SSSR count). The van der Waals surface area contributed by atoms with Crippen LogP contribution in [0.25, 0.3) is 0 Å². The number of piperidine rings is 1. The van der Waals surface area contributed by atoms with Gasteiger partial charge in [0.25, 0.3) is 5.91 Å². The van der Waals surface area contributed by atoms with Gasteiger partial charge in [-0.05, 0) is 50.9 Å². The molecule has 1 N–H and O–H groups in total. The molecule has 2 aliphatic rings. The second-order valence-electron chi connectivity index (χ2n) is 6.23. The molecule has 0 spiro atoms. The lowest BCUT2D eigenvalue weighted by atomic mass is 10.1. The van der Waals surface area contributed by atoms with E-state index >= 15 is 0 Å². The van der Waals surface area contributed by atoms with Crippen LogP contribution in [0.2, 0.25) is 0 Å². The number of carbonyl (C=O) groups excluding carboxylic acids is 1. The first-order valence-corrected chi connectivity index (χ1v) is 8.00. The molecule has 1 heterocycles. The second kappa shape index (κ2) is 6.57. The van der Waals surface area contributed by atoms with Crippen LogP contribution in [0.15, 0.2) is 18.2 Å². The summed E-state index contributed by atoms with van der Waals surface area (Å²) in [5.74, 6) is 1.32. The van der Waals surface area contributed by atoms with E-state index in [4.69, 9.17) is 9.47 Å². The van der Waals surface area contributed by atoms with Crippen LogP contribution in [-0.4, -0.2) is 50.2 Å². The number of benzene rings is 1. The van der Waals surface area contributed by atoms with Crippen LogP contribution in [0, 0.1) is 0 Å². The van der Waals surface area contributed by atoms with Crippen molar-refractivity contribution in [2.45, 2.75) is 37.8 Å². The first-order valence-electron chi connectivity index (χ1n) is 8.00. The molecule has 1 aliphatic carbocycles. The maximum absolute atomic E-state index is 12.2. The van der Waals surface area contributed by atoms with Crippen molar-refractivity contribution < 1.29 is 14.3 Å². The Labute approximate surface area is 131 Å². The summed E-state index contributed by atoms with van der Waals surface area (Å²) in [5.41, 5.74) is 0.635. The Balaban J connectivity index is 1.71. The van der Waals surface area contributed by atoms with Crippen LogP contribution in [0.5, 0.6) is 11.5 Å². The number of nitrogens with one attached hydrogen (secondary N) is 1. The molecular weight excluding hydrogens is 280 g/mol. The van der Waals surface area contributed by atoms with E-state index in [2.05, 4.69) is 17.3 Å². The highest BCUT2D eigenvalue weighted by molar-refractivity contribution is 5.95. The Morgan fingerprint density at radius 3 is 2.55 bits per heavy atom. The summed E-state index contributed by atoms with van der Waals surface area (Å²) in [6, 6.07) is 5.76. The van der Waals surface area contributed by atoms with Gasteiger partial charge in [0, 0.05) is 24.7 Å². The van der Waals surface area contributed by atoms with Crippen LogP contribution in [0.3, 0.4) is 0 Å². The molecule has 0 radical (unpaired) electrons. The molecule has 0 atom stereocenters. The van der Waals surface area contributed by atoms with E-state index in [1.54, 1.807) is 19.2 Å². The van der Waals surface area contributed by atoms with Crippen LogP contribution in [-0.2, 0) is 0 Å². The van der Waals surface area contributed by atoms with Gasteiger partial charge in [0.15, 0.2) is 11.5 Å². The fourth-order valence-corrected chi connectivity index (χ4v) is 2.69. The summed E-state index contributed by atoms with van der Waals surface area (Å²) >= 11 is 0. The molecule has 1 saturated carbocycles. The molecule has 2 fully saturated rings. The van der Waals surface area contributed by atoms with Gasteiger partial charge in [0.05, 0.1) is 7.11 Å². The van der Waals surface area contributed by atoms with Crippen LogP contribution in [0.4, 0.5) is 0 Å². The lowest BCUT2D eigenvalue weighted by Gasteiger charge is -2.29. The van der Waals surface area contributed by atoms with Crippen molar-refractivity contribution in [3.63, 3.8) is 0 Å². The van der Waals surface area contributed by atoms with E-state index < -0.39 is 0 Å². The second-order valence-corrected chi connectivity index (χ2v) is 6.23. The molecule has 1 aromatic carbocycles. The number of hydrogen-bond acceptors (Lipinski definition) is 4. The highest BCUT2D eigenvalue weighted by Gasteiger charge is 2.25. The van der Waals surface area contributed by atoms with Gasteiger partial charge in [-0.3, -0.25) is 4.79 Å². The third-order valence-electron chi connectivity index (χ3n) is 4.30. The molecule has 22 heavy (non-hydrogen) atoms. The minimum atomic E-state index is -0.0293. The molecule has 5 heteroatoms. The predicted octanol–water partition coefficient (Wildman–Crippen LogP) is 2.06. The van der Waals surface area contributed by atoms with Crippen molar-refractivity contribution in [2.24, 2.45) is 0 Å². The molecule has 1 amide bonds. The Morgan fingerprint density at radius 2 is 1.91 bits per heavy atom. The fraction of sp³-hybridized carbons (Fsp3) is 0.588. The fourth-order valence-electron chi connectivity index (χ4n) is 2.69. The number of rotatable bonds is 5. The highest BCUT2D eigenvalue weighted by Crippen LogP contribution is 2.31. The van der Waals surface area contributed by atoms with Gasteiger partial charge < -0.3 is 19.7 Å². The van der Waals surface area contributed by atoms with Gasteiger partial charge in [-0.15, -0.1) is 0 Å². The van der Waals surface area contributed by atoms with Crippen LogP contribution >= 0.6 is 0 Å². The van der Waals surface area contributed by atoms with Crippen molar-refractivity contribution >= 4 is 5.91 Å². The normalized spacial score (nSPS) is 19.7. The van der Waals surface area contributed by atoms with Crippen LogP contribution < -0.4 is 14.8 Å². The number of amides is 1. The topological polar surface area (TPSA) is 50.8 Å². The van der Waals surface area contributed by atoms with Gasteiger partial charge >= 0.3 is 0 Å². The molecule has 1 aliphatic heterocycles. The molecule has 0 aromatic heterocycles. The van der Waals surface area contributed by atoms with E-state index in [0.29, 0.717) is 23.1 Å². The monoisotopic (exact) mass is 304 g/mol. The Morgan fingerprint density at radius 1 is 1.18 bits per heavy atom. The standard InChI is InChI=1S/C17H24N2O3/c1-19-9-7-14(8-10-19)22-16-11-12(3-6-15(16)21-2)17(20)18-13-4-5-13/h3,6,11,13-14H,4-5,7-10H2,1-2H3,(H,18,20). The smallest absolute Gasteiger partial charge is 0.251 e. The largest absolute Gasteiger partial charge is 0.493 e. The van der Waals surface area contributed by atoms with Gasteiger partial charge in [-0.25, -0.2) is 0 Å². The van der Waals surface area contributed by atoms with Gasteiger partial charge in [0.1, 0.15) is 6.10 Å². The third-order valence-corrected chi connectivity index (χ3v) is 4.30. The van der Waals surface area contributed by atoms with E-state index in [0.717, 1.165) is 38.8 Å². The minimum Gasteiger partial charge on any atom is -0.493 e. The van der Waals surface area contributed by atoms with E-state index in [-0.39, 0.29) is 12.0 Å². The number of likely N-dealkylation sites (tertiary alicyclic amines) is 1. The first-order chi connectivity index (χ1) is 10.7. The molecule has 0 bridgehead atoms. The average Bonchev–Trinajstić information content (AvgIpc) is 3.33. The third kappa shape index (κ3) is 3.71. The summed E-state index contributed by atoms with van der Waals surface area (Å²) < 4.78 is 11.5. The number of nitrogens with zero attached hydrogens (tertiary/aromatic N) is 1. The molecule has 1 saturated heterocycles. The lowest BCUT2D eigenvalue weighted by Crippen LogP contribution is -2.35. The zero-order valence-corrected chi connectivity index (χ0v) is 13.3. The van der Waals surface area contributed by atoms with Crippen molar-refractivity contribution in [2.75, 3.05) is 27.2 Å². The van der Waals surface area contributed by atoms with Gasteiger partial charge in [0.2, 0.25) is 0 Å². The summed E-state index contributed by atoms with van der Waals surface area (Å²) in [6.45, 7) is 2.07.